The van der Waals surface area contributed by atoms with E-state index >= 15 is 0 Å². The zero-order valence-corrected chi connectivity index (χ0v) is 13.4. The van der Waals surface area contributed by atoms with Crippen molar-refractivity contribution in [1.29, 1.82) is 0 Å². The highest BCUT2D eigenvalue weighted by Gasteiger charge is 2.30. The molecule has 1 amide bonds. The number of benzene rings is 2. The third-order valence-corrected chi connectivity index (χ3v) is 3.74. The zero-order chi connectivity index (χ0) is 17.8. The van der Waals surface area contributed by atoms with Crippen LogP contribution in [0, 0.1) is 5.82 Å². The molecule has 0 saturated carbocycles. The Hall–Kier alpha value is -3.22. The number of esters is 1. The van der Waals surface area contributed by atoms with Crippen LogP contribution in [0.1, 0.15) is 22.3 Å². The summed E-state index contributed by atoms with van der Waals surface area (Å²) in [5.41, 5.74) is 1.20. The lowest BCUT2D eigenvalue weighted by atomic mass is 10.0. The average molecular weight is 342 g/mol. The number of amides is 1. The first-order chi connectivity index (χ1) is 12.1. The van der Waals surface area contributed by atoms with Crippen LogP contribution in [0.5, 0.6) is 0 Å². The molecule has 1 heterocycles. The Kier molecular flexibility index (Phi) is 4.74. The van der Waals surface area contributed by atoms with Crippen molar-refractivity contribution in [2.75, 3.05) is 12.4 Å². The van der Waals surface area contributed by atoms with Gasteiger partial charge in [-0.15, -0.1) is 0 Å². The number of halogens is 1. The van der Waals surface area contributed by atoms with Crippen molar-refractivity contribution in [2.24, 2.45) is 5.16 Å². The second kappa shape index (κ2) is 7.12. The summed E-state index contributed by atoms with van der Waals surface area (Å²) in [6.07, 6.45) is -0.770. The van der Waals surface area contributed by atoms with Gasteiger partial charge in [0.2, 0.25) is 6.10 Å². The van der Waals surface area contributed by atoms with Crippen LogP contribution in [0.3, 0.4) is 0 Å². The fourth-order valence-electron chi connectivity index (χ4n) is 2.47. The summed E-state index contributed by atoms with van der Waals surface area (Å²) in [4.78, 5) is 29.3. The molecule has 1 aliphatic heterocycles. The zero-order valence-electron chi connectivity index (χ0n) is 13.4. The fourth-order valence-corrected chi connectivity index (χ4v) is 2.47. The van der Waals surface area contributed by atoms with E-state index in [1.165, 1.54) is 19.2 Å². The van der Waals surface area contributed by atoms with Crippen molar-refractivity contribution >= 4 is 23.3 Å². The van der Waals surface area contributed by atoms with Gasteiger partial charge >= 0.3 is 5.97 Å². The SMILES string of the molecule is COC(=O)c1ccccc1NC(=O)C1CC(c2ccccc2F)=NO1. The normalized spacial score (nSPS) is 15.9. The number of rotatable bonds is 4. The van der Waals surface area contributed by atoms with Gasteiger partial charge < -0.3 is 14.9 Å². The van der Waals surface area contributed by atoms with E-state index in [2.05, 4.69) is 15.2 Å². The molecule has 1 atom stereocenters. The molecule has 0 aliphatic carbocycles. The Morgan fingerprint density at radius 3 is 2.68 bits per heavy atom. The van der Waals surface area contributed by atoms with Crippen molar-refractivity contribution in [1.82, 2.24) is 0 Å². The molecule has 7 heteroatoms. The van der Waals surface area contributed by atoms with E-state index in [9.17, 15) is 14.0 Å². The highest BCUT2D eigenvalue weighted by molar-refractivity contribution is 6.07. The minimum absolute atomic E-state index is 0.132. The first-order valence-corrected chi connectivity index (χ1v) is 7.56. The molecule has 2 aromatic carbocycles. The lowest BCUT2D eigenvalue weighted by Gasteiger charge is -2.12. The van der Waals surface area contributed by atoms with Gasteiger partial charge in [-0.25, -0.2) is 9.18 Å². The number of carbonyl (C=O) groups is 2. The number of methoxy groups -OCH3 is 1. The Labute approximate surface area is 143 Å². The van der Waals surface area contributed by atoms with Crippen molar-refractivity contribution in [2.45, 2.75) is 12.5 Å². The summed E-state index contributed by atoms with van der Waals surface area (Å²) >= 11 is 0. The van der Waals surface area contributed by atoms with E-state index in [0.717, 1.165) is 0 Å². The fraction of sp³-hybridized carbons (Fsp3) is 0.167. The van der Waals surface area contributed by atoms with Crippen LogP contribution in [-0.2, 0) is 14.4 Å². The molecule has 0 fully saturated rings. The molecule has 0 aromatic heterocycles. The van der Waals surface area contributed by atoms with Gasteiger partial charge in [0, 0.05) is 12.0 Å². The summed E-state index contributed by atoms with van der Waals surface area (Å²) in [6, 6.07) is 12.6. The van der Waals surface area contributed by atoms with Crippen LogP contribution >= 0.6 is 0 Å². The van der Waals surface area contributed by atoms with Gasteiger partial charge in [0.1, 0.15) is 5.82 Å². The molecular formula is C18H15FN2O4. The predicted octanol–water partition coefficient (Wildman–Crippen LogP) is 2.74. The number of hydrogen-bond donors (Lipinski definition) is 1. The standard InChI is InChI=1S/C18H15FN2O4/c1-24-18(23)12-7-3-5-9-14(12)20-17(22)16-10-15(21-25-16)11-6-2-4-8-13(11)19/h2-9,16H,10H2,1H3,(H,20,22). The maximum Gasteiger partial charge on any atom is 0.339 e. The van der Waals surface area contributed by atoms with Crippen LogP contribution in [0.15, 0.2) is 53.7 Å². The van der Waals surface area contributed by atoms with E-state index in [4.69, 9.17) is 4.84 Å². The molecule has 128 valence electrons. The maximum atomic E-state index is 13.8. The third kappa shape index (κ3) is 3.50. The highest BCUT2D eigenvalue weighted by Crippen LogP contribution is 2.22. The molecule has 1 aliphatic rings. The van der Waals surface area contributed by atoms with Crippen LogP contribution in [0.2, 0.25) is 0 Å². The number of hydrogen-bond acceptors (Lipinski definition) is 5. The van der Waals surface area contributed by atoms with Crippen LogP contribution < -0.4 is 5.32 Å². The number of carbonyl (C=O) groups excluding carboxylic acids is 2. The summed E-state index contributed by atoms with van der Waals surface area (Å²) in [5, 5.41) is 6.43. The molecule has 1 unspecified atom stereocenters. The monoisotopic (exact) mass is 342 g/mol. The quantitative estimate of drug-likeness (QED) is 0.867. The molecule has 0 bridgehead atoms. The number of nitrogens with zero attached hydrogens (tertiary/aromatic N) is 1. The number of anilines is 1. The molecular weight excluding hydrogens is 327 g/mol. The minimum Gasteiger partial charge on any atom is -0.465 e. The van der Waals surface area contributed by atoms with E-state index in [-0.39, 0.29) is 12.0 Å². The van der Waals surface area contributed by atoms with Gasteiger partial charge in [0.05, 0.1) is 24.1 Å². The Morgan fingerprint density at radius 2 is 1.92 bits per heavy atom. The molecule has 25 heavy (non-hydrogen) atoms. The molecule has 1 N–H and O–H groups in total. The van der Waals surface area contributed by atoms with Crippen molar-refractivity contribution in [3.63, 3.8) is 0 Å². The van der Waals surface area contributed by atoms with Gasteiger partial charge in [0.25, 0.3) is 5.91 Å². The number of para-hydroxylation sites is 1. The lowest BCUT2D eigenvalue weighted by molar-refractivity contribution is -0.125. The van der Waals surface area contributed by atoms with Gasteiger partial charge in [-0.1, -0.05) is 35.5 Å². The van der Waals surface area contributed by atoms with E-state index < -0.39 is 23.8 Å². The minimum atomic E-state index is -0.902. The van der Waals surface area contributed by atoms with Gasteiger partial charge in [-0.05, 0) is 18.2 Å². The number of oxime groups is 1. The van der Waals surface area contributed by atoms with E-state index in [0.29, 0.717) is 17.0 Å². The van der Waals surface area contributed by atoms with Gasteiger partial charge in [-0.2, -0.15) is 0 Å². The topological polar surface area (TPSA) is 77.0 Å². The molecule has 0 spiro atoms. The van der Waals surface area contributed by atoms with Crippen LogP contribution in [-0.4, -0.2) is 30.8 Å². The summed E-state index contributed by atoms with van der Waals surface area (Å²) in [5.74, 6) is -1.47. The van der Waals surface area contributed by atoms with Crippen LogP contribution in [0.25, 0.3) is 0 Å². The van der Waals surface area contributed by atoms with Crippen molar-refractivity contribution in [3.05, 3.63) is 65.5 Å². The Balaban J connectivity index is 1.71. The summed E-state index contributed by atoms with van der Waals surface area (Å²) < 4.78 is 18.5. The molecule has 6 nitrogen and oxygen atoms in total. The predicted molar refractivity (Wildman–Crippen MR) is 88.8 cm³/mol. The maximum absolute atomic E-state index is 13.8. The first-order valence-electron chi connectivity index (χ1n) is 7.56. The van der Waals surface area contributed by atoms with Gasteiger partial charge in [0.15, 0.2) is 0 Å². The molecule has 0 saturated heterocycles. The summed E-state index contributed by atoms with van der Waals surface area (Å²) in [7, 11) is 1.26. The van der Waals surface area contributed by atoms with E-state index in [1.54, 1.807) is 36.4 Å². The number of nitrogens with one attached hydrogen (secondary N) is 1. The lowest BCUT2D eigenvalue weighted by Crippen LogP contribution is -2.29. The Morgan fingerprint density at radius 1 is 1.20 bits per heavy atom. The highest BCUT2D eigenvalue weighted by atomic mass is 19.1. The largest absolute Gasteiger partial charge is 0.465 e. The molecule has 2 aromatic rings. The van der Waals surface area contributed by atoms with Crippen molar-refractivity contribution < 1.29 is 23.6 Å². The van der Waals surface area contributed by atoms with Gasteiger partial charge in [-0.3, -0.25) is 4.79 Å². The third-order valence-electron chi connectivity index (χ3n) is 3.74. The van der Waals surface area contributed by atoms with Crippen molar-refractivity contribution in [3.8, 4) is 0 Å². The second-order valence-corrected chi connectivity index (χ2v) is 5.34. The average Bonchev–Trinajstić information content (AvgIpc) is 3.12. The number of ether oxygens (including phenoxy) is 1. The molecule has 3 rings (SSSR count). The smallest absolute Gasteiger partial charge is 0.339 e. The van der Waals surface area contributed by atoms with Crippen LogP contribution in [0.4, 0.5) is 10.1 Å². The Bertz CT molecular complexity index is 850. The molecule has 0 radical (unpaired) electrons. The van der Waals surface area contributed by atoms with E-state index in [1.807, 2.05) is 0 Å². The second-order valence-electron chi connectivity index (χ2n) is 5.34. The summed E-state index contributed by atoms with van der Waals surface area (Å²) in [6.45, 7) is 0. The first kappa shape index (κ1) is 16.6.